The summed E-state index contributed by atoms with van der Waals surface area (Å²) in [4.78, 5) is 0. The fourth-order valence-corrected chi connectivity index (χ4v) is 2.33. The highest BCUT2D eigenvalue weighted by atomic mass is 35.5. The molecule has 0 atom stereocenters. The van der Waals surface area contributed by atoms with Gasteiger partial charge in [-0.25, -0.2) is 8.78 Å². The Hall–Kier alpha value is -2.24. The summed E-state index contributed by atoms with van der Waals surface area (Å²) in [6.07, 6.45) is 0. The summed E-state index contributed by atoms with van der Waals surface area (Å²) in [6.45, 7) is -0.468. The first-order valence-electron chi connectivity index (χ1n) is 6.41. The van der Waals surface area contributed by atoms with Gasteiger partial charge in [0.25, 0.3) is 0 Å². The van der Waals surface area contributed by atoms with Crippen LogP contribution in [0.5, 0.6) is 0 Å². The second-order valence-electron chi connectivity index (χ2n) is 4.60. The zero-order valence-corrected chi connectivity index (χ0v) is 11.9. The van der Waals surface area contributed by atoms with Crippen molar-refractivity contribution >= 4 is 11.6 Å². The molecule has 0 spiro atoms. The van der Waals surface area contributed by atoms with Gasteiger partial charge in [-0.3, -0.25) is 0 Å². The molecule has 6 heteroatoms. The van der Waals surface area contributed by atoms with Crippen molar-refractivity contribution in [3.63, 3.8) is 0 Å². The second kappa shape index (κ2) is 5.87. The highest BCUT2D eigenvalue weighted by molar-refractivity contribution is 6.30. The molecule has 3 nitrogen and oxygen atoms in total. The average Bonchev–Trinajstić information content (AvgIpc) is 2.91. The second-order valence-corrected chi connectivity index (χ2v) is 5.04. The average molecular weight is 322 g/mol. The van der Waals surface area contributed by atoms with Crippen molar-refractivity contribution in [1.29, 1.82) is 0 Å². The third kappa shape index (κ3) is 2.49. The number of rotatable bonds is 3. The minimum atomic E-state index is -0.773. The SMILES string of the molecule is OCc1c(-c2c(F)cccc2F)noc1-c1ccc(Cl)cc1. The molecule has 0 bridgehead atoms. The van der Waals surface area contributed by atoms with Crippen LogP contribution < -0.4 is 0 Å². The Morgan fingerprint density at radius 3 is 2.27 bits per heavy atom. The molecule has 0 unspecified atom stereocenters. The maximum atomic E-state index is 13.9. The van der Waals surface area contributed by atoms with Crippen molar-refractivity contribution in [3.05, 3.63) is 64.7 Å². The third-order valence-electron chi connectivity index (χ3n) is 3.25. The van der Waals surface area contributed by atoms with Gasteiger partial charge >= 0.3 is 0 Å². The summed E-state index contributed by atoms with van der Waals surface area (Å²) in [5.74, 6) is -1.30. The monoisotopic (exact) mass is 321 g/mol. The molecule has 0 aliphatic rings. The molecular formula is C16H10ClF2NO2. The summed E-state index contributed by atoms with van der Waals surface area (Å²) in [6, 6.07) is 10.1. The standard InChI is InChI=1S/C16H10ClF2NO2/c17-10-6-4-9(5-7-10)16-11(8-21)15(20-22-16)14-12(18)2-1-3-13(14)19/h1-7,21H,8H2. The number of benzene rings is 2. The van der Waals surface area contributed by atoms with Gasteiger partial charge in [-0.2, -0.15) is 0 Å². The van der Waals surface area contributed by atoms with E-state index in [1.54, 1.807) is 24.3 Å². The Balaban J connectivity index is 2.18. The van der Waals surface area contributed by atoms with E-state index in [9.17, 15) is 13.9 Å². The third-order valence-corrected chi connectivity index (χ3v) is 3.50. The largest absolute Gasteiger partial charge is 0.391 e. The van der Waals surface area contributed by atoms with E-state index in [1.165, 1.54) is 6.07 Å². The van der Waals surface area contributed by atoms with Crippen LogP contribution in [0.2, 0.25) is 5.02 Å². The van der Waals surface area contributed by atoms with Crippen LogP contribution in [0.15, 0.2) is 47.0 Å². The molecule has 112 valence electrons. The fraction of sp³-hybridized carbons (Fsp3) is 0.0625. The van der Waals surface area contributed by atoms with Crippen LogP contribution in [0.1, 0.15) is 5.56 Å². The molecule has 0 aliphatic carbocycles. The number of aliphatic hydroxyl groups is 1. The summed E-state index contributed by atoms with van der Waals surface area (Å²) in [5.41, 5.74) is 0.439. The molecular weight excluding hydrogens is 312 g/mol. The van der Waals surface area contributed by atoms with Crippen LogP contribution in [-0.4, -0.2) is 10.3 Å². The molecule has 0 radical (unpaired) electrons. The Labute approximate surface area is 129 Å². The molecule has 0 saturated heterocycles. The van der Waals surface area contributed by atoms with Gasteiger partial charge < -0.3 is 9.63 Å². The first-order valence-corrected chi connectivity index (χ1v) is 6.79. The van der Waals surface area contributed by atoms with Gasteiger partial charge in [0.2, 0.25) is 0 Å². The maximum Gasteiger partial charge on any atom is 0.173 e. The van der Waals surface area contributed by atoms with Crippen LogP contribution >= 0.6 is 11.6 Å². The molecule has 0 amide bonds. The molecule has 1 aromatic heterocycles. The summed E-state index contributed by atoms with van der Waals surface area (Å²) >= 11 is 5.82. The van der Waals surface area contributed by atoms with Gasteiger partial charge in [-0.05, 0) is 36.4 Å². The van der Waals surface area contributed by atoms with Crippen molar-refractivity contribution < 1.29 is 18.4 Å². The van der Waals surface area contributed by atoms with Gasteiger partial charge in [0.15, 0.2) is 5.76 Å². The lowest BCUT2D eigenvalue weighted by atomic mass is 10.0. The topological polar surface area (TPSA) is 46.3 Å². The fourth-order valence-electron chi connectivity index (χ4n) is 2.20. The first-order chi connectivity index (χ1) is 10.6. The number of hydrogen-bond acceptors (Lipinski definition) is 3. The molecule has 3 rings (SSSR count). The Bertz CT molecular complexity index is 795. The molecule has 2 aromatic carbocycles. The molecule has 0 aliphatic heterocycles. The van der Waals surface area contributed by atoms with Crippen LogP contribution in [0.25, 0.3) is 22.6 Å². The summed E-state index contributed by atoms with van der Waals surface area (Å²) in [5, 5.41) is 13.8. The minimum Gasteiger partial charge on any atom is -0.391 e. The van der Waals surface area contributed by atoms with E-state index < -0.39 is 18.2 Å². The molecule has 0 fully saturated rings. The lowest BCUT2D eigenvalue weighted by Gasteiger charge is -2.04. The molecule has 0 saturated carbocycles. The van der Waals surface area contributed by atoms with Crippen molar-refractivity contribution in [2.75, 3.05) is 0 Å². The van der Waals surface area contributed by atoms with Gasteiger partial charge in [0.1, 0.15) is 17.3 Å². The zero-order valence-electron chi connectivity index (χ0n) is 11.2. The molecule has 3 aromatic rings. The number of nitrogens with zero attached hydrogens (tertiary/aromatic N) is 1. The van der Waals surface area contributed by atoms with Crippen LogP contribution in [-0.2, 0) is 6.61 Å². The van der Waals surface area contributed by atoms with Gasteiger partial charge in [0, 0.05) is 10.6 Å². The number of aromatic nitrogens is 1. The van der Waals surface area contributed by atoms with Gasteiger partial charge in [0.05, 0.1) is 17.7 Å². The lowest BCUT2D eigenvalue weighted by Crippen LogP contribution is -1.94. The van der Waals surface area contributed by atoms with Gasteiger partial charge in [-0.15, -0.1) is 0 Å². The summed E-state index contributed by atoms with van der Waals surface area (Å²) < 4.78 is 33.0. The van der Waals surface area contributed by atoms with Gasteiger partial charge in [-0.1, -0.05) is 22.8 Å². The quantitative estimate of drug-likeness (QED) is 0.776. The highest BCUT2D eigenvalue weighted by Gasteiger charge is 2.23. The van der Waals surface area contributed by atoms with Crippen LogP contribution in [0, 0.1) is 11.6 Å². The normalized spacial score (nSPS) is 10.9. The molecule has 1 N–H and O–H groups in total. The van der Waals surface area contributed by atoms with E-state index in [4.69, 9.17) is 16.1 Å². The van der Waals surface area contributed by atoms with E-state index in [2.05, 4.69) is 5.16 Å². The molecule has 22 heavy (non-hydrogen) atoms. The Kier molecular flexibility index (Phi) is 3.92. The lowest BCUT2D eigenvalue weighted by molar-refractivity contribution is 0.281. The molecule has 1 heterocycles. The predicted octanol–water partition coefficient (Wildman–Crippen LogP) is 4.43. The predicted molar refractivity (Wildman–Crippen MR) is 78.2 cm³/mol. The van der Waals surface area contributed by atoms with E-state index in [0.717, 1.165) is 12.1 Å². The number of aliphatic hydroxyl groups excluding tert-OH is 1. The first kappa shape index (κ1) is 14.7. The van der Waals surface area contributed by atoms with E-state index in [-0.39, 0.29) is 22.6 Å². The maximum absolute atomic E-state index is 13.9. The minimum absolute atomic E-state index is 0.0527. The van der Waals surface area contributed by atoms with Crippen molar-refractivity contribution in [1.82, 2.24) is 5.16 Å². The Morgan fingerprint density at radius 2 is 1.68 bits per heavy atom. The number of halogens is 3. The van der Waals surface area contributed by atoms with E-state index >= 15 is 0 Å². The highest BCUT2D eigenvalue weighted by Crippen LogP contribution is 2.35. The zero-order chi connectivity index (χ0) is 15.7. The van der Waals surface area contributed by atoms with E-state index in [1.807, 2.05) is 0 Å². The number of hydrogen-bond donors (Lipinski definition) is 1. The van der Waals surface area contributed by atoms with Crippen LogP contribution in [0.3, 0.4) is 0 Å². The smallest absolute Gasteiger partial charge is 0.173 e. The summed E-state index contributed by atoms with van der Waals surface area (Å²) in [7, 11) is 0. The van der Waals surface area contributed by atoms with Crippen molar-refractivity contribution in [2.24, 2.45) is 0 Å². The Morgan fingerprint density at radius 1 is 1.05 bits per heavy atom. The van der Waals surface area contributed by atoms with Crippen molar-refractivity contribution in [3.8, 4) is 22.6 Å². The van der Waals surface area contributed by atoms with E-state index in [0.29, 0.717) is 10.6 Å². The van der Waals surface area contributed by atoms with Crippen LogP contribution in [0.4, 0.5) is 8.78 Å². The van der Waals surface area contributed by atoms with Crippen molar-refractivity contribution in [2.45, 2.75) is 6.61 Å².